The van der Waals surface area contributed by atoms with Crippen LogP contribution >= 0.6 is 11.6 Å². The Bertz CT molecular complexity index is 694. The number of nitrogens with zero attached hydrogens (tertiary/aromatic N) is 2. The van der Waals surface area contributed by atoms with E-state index in [0.717, 1.165) is 0 Å². The van der Waals surface area contributed by atoms with Crippen molar-refractivity contribution >= 4 is 34.5 Å². The molecular weight excluding hydrogens is 282 g/mol. The number of ether oxygens (including phenoxy) is 1. The van der Waals surface area contributed by atoms with Gasteiger partial charge < -0.3 is 14.6 Å². The molecule has 0 bridgehead atoms. The molecule has 1 aromatic carbocycles. The molecule has 1 aromatic heterocycles. The summed E-state index contributed by atoms with van der Waals surface area (Å²) in [5, 5.41) is 2.81. The SMILES string of the molecule is CCn1c(C(=O)OC)nc2cc(C(=O)NC)c(Cl)cc21. The number of aromatic nitrogens is 2. The number of halogens is 1. The molecule has 0 spiro atoms. The van der Waals surface area contributed by atoms with Gasteiger partial charge in [-0.05, 0) is 19.1 Å². The topological polar surface area (TPSA) is 73.2 Å². The van der Waals surface area contributed by atoms with Crippen molar-refractivity contribution in [2.75, 3.05) is 14.2 Å². The zero-order chi connectivity index (χ0) is 14.9. The second-order valence-corrected chi connectivity index (χ2v) is 4.48. The molecule has 0 atom stereocenters. The smallest absolute Gasteiger partial charge is 0.374 e. The van der Waals surface area contributed by atoms with Gasteiger partial charge in [0.25, 0.3) is 5.91 Å². The van der Waals surface area contributed by atoms with Crippen LogP contribution in [0, 0.1) is 0 Å². The predicted molar refractivity (Wildman–Crippen MR) is 75.1 cm³/mol. The van der Waals surface area contributed by atoms with Crippen LogP contribution in [0.1, 0.15) is 27.9 Å². The highest BCUT2D eigenvalue weighted by Crippen LogP contribution is 2.25. The molecule has 2 aromatic rings. The normalized spacial score (nSPS) is 10.6. The molecule has 0 unspecified atom stereocenters. The number of hydrogen-bond acceptors (Lipinski definition) is 4. The highest BCUT2D eigenvalue weighted by atomic mass is 35.5. The Morgan fingerprint density at radius 3 is 2.70 bits per heavy atom. The van der Waals surface area contributed by atoms with E-state index in [1.807, 2.05) is 6.92 Å². The lowest BCUT2D eigenvalue weighted by molar-refractivity contribution is 0.0582. The zero-order valence-corrected chi connectivity index (χ0v) is 12.1. The molecule has 0 aliphatic rings. The van der Waals surface area contributed by atoms with Gasteiger partial charge in [-0.2, -0.15) is 0 Å². The number of methoxy groups -OCH3 is 1. The van der Waals surface area contributed by atoms with Crippen molar-refractivity contribution in [2.24, 2.45) is 0 Å². The summed E-state index contributed by atoms with van der Waals surface area (Å²) < 4.78 is 6.40. The van der Waals surface area contributed by atoms with Crippen LogP contribution in [-0.2, 0) is 11.3 Å². The van der Waals surface area contributed by atoms with E-state index >= 15 is 0 Å². The van der Waals surface area contributed by atoms with Gasteiger partial charge in [0.05, 0.1) is 28.7 Å². The van der Waals surface area contributed by atoms with Crippen LogP contribution in [0.15, 0.2) is 12.1 Å². The fourth-order valence-corrected chi connectivity index (χ4v) is 2.27. The van der Waals surface area contributed by atoms with Crippen LogP contribution in [0.5, 0.6) is 0 Å². The van der Waals surface area contributed by atoms with Gasteiger partial charge >= 0.3 is 5.97 Å². The number of esters is 1. The molecule has 1 N–H and O–H groups in total. The predicted octanol–water partition coefficient (Wildman–Crippen LogP) is 1.86. The first kappa shape index (κ1) is 14.3. The Morgan fingerprint density at radius 2 is 2.15 bits per heavy atom. The molecule has 0 aliphatic heterocycles. The Kier molecular flexibility index (Phi) is 3.94. The van der Waals surface area contributed by atoms with Gasteiger partial charge in [-0.25, -0.2) is 9.78 Å². The van der Waals surface area contributed by atoms with Gasteiger partial charge in [0.15, 0.2) is 0 Å². The summed E-state index contributed by atoms with van der Waals surface area (Å²) in [7, 11) is 2.82. The average molecular weight is 296 g/mol. The van der Waals surface area contributed by atoms with Gasteiger partial charge in [0.2, 0.25) is 5.82 Å². The van der Waals surface area contributed by atoms with E-state index in [1.54, 1.807) is 16.7 Å². The van der Waals surface area contributed by atoms with Crippen LogP contribution in [0.3, 0.4) is 0 Å². The van der Waals surface area contributed by atoms with Crippen molar-refractivity contribution in [1.82, 2.24) is 14.9 Å². The van der Waals surface area contributed by atoms with Gasteiger partial charge in [0.1, 0.15) is 0 Å². The maximum absolute atomic E-state index is 11.7. The third kappa shape index (κ3) is 2.22. The van der Waals surface area contributed by atoms with Crippen LogP contribution < -0.4 is 5.32 Å². The standard InChI is InChI=1S/C13H14ClN3O3/c1-4-17-10-6-8(14)7(12(18)15-2)5-9(10)16-11(17)13(19)20-3/h5-6H,4H2,1-3H3,(H,15,18). The average Bonchev–Trinajstić information content (AvgIpc) is 2.82. The summed E-state index contributed by atoms with van der Waals surface area (Å²) in [6.07, 6.45) is 0. The molecule has 106 valence electrons. The van der Waals surface area contributed by atoms with E-state index in [2.05, 4.69) is 10.3 Å². The van der Waals surface area contributed by atoms with E-state index in [4.69, 9.17) is 16.3 Å². The molecular formula is C13H14ClN3O3. The Balaban J connectivity index is 2.71. The second-order valence-electron chi connectivity index (χ2n) is 4.07. The van der Waals surface area contributed by atoms with E-state index in [-0.39, 0.29) is 11.7 Å². The number of carbonyl (C=O) groups excluding carboxylic acids is 2. The van der Waals surface area contributed by atoms with Crippen molar-refractivity contribution in [3.63, 3.8) is 0 Å². The first-order valence-corrected chi connectivity index (χ1v) is 6.41. The third-order valence-electron chi connectivity index (χ3n) is 2.99. The summed E-state index contributed by atoms with van der Waals surface area (Å²) in [4.78, 5) is 27.6. The molecule has 20 heavy (non-hydrogen) atoms. The summed E-state index contributed by atoms with van der Waals surface area (Å²) in [5.74, 6) is -0.640. The number of fused-ring (bicyclic) bond motifs is 1. The molecule has 0 saturated carbocycles. The largest absolute Gasteiger partial charge is 0.463 e. The lowest BCUT2D eigenvalue weighted by atomic mass is 10.2. The van der Waals surface area contributed by atoms with Gasteiger partial charge in [-0.15, -0.1) is 0 Å². The maximum atomic E-state index is 11.7. The minimum absolute atomic E-state index is 0.190. The van der Waals surface area contributed by atoms with Crippen molar-refractivity contribution in [3.8, 4) is 0 Å². The monoisotopic (exact) mass is 295 g/mol. The van der Waals surface area contributed by atoms with Crippen molar-refractivity contribution in [1.29, 1.82) is 0 Å². The quantitative estimate of drug-likeness (QED) is 0.877. The summed E-state index contributed by atoms with van der Waals surface area (Å²) >= 11 is 6.11. The Hall–Kier alpha value is -2.08. The minimum Gasteiger partial charge on any atom is -0.463 e. The van der Waals surface area contributed by atoms with Gasteiger partial charge in [-0.1, -0.05) is 11.6 Å². The van der Waals surface area contributed by atoms with Crippen molar-refractivity contribution in [2.45, 2.75) is 13.5 Å². The first-order chi connectivity index (χ1) is 9.53. The molecule has 1 heterocycles. The number of rotatable bonds is 3. The Labute approximate surface area is 120 Å². The number of amides is 1. The number of carbonyl (C=O) groups is 2. The molecule has 1 amide bonds. The van der Waals surface area contributed by atoms with E-state index < -0.39 is 5.97 Å². The molecule has 7 heteroatoms. The molecule has 2 rings (SSSR count). The number of aryl methyl sites for hydroxylation is 1. The molecule has 0 saturated heterocycles. The van der Waals surface area contributed by atoms with Gasteiger partial charge in [-0.3, -0.25) is 4.79 Å². The fourth-order valence-electron chi connectivity index (χ4n) is 2.02. The lowest BCUT2D eigenvalue weighted by Gasteiger charge is -2.06. The van der Waals surface area contributed by atoms with E-state index in [9.17, 15) is 9.59 Å². The van der Waals surface area contributed by atoms with Crippen LogP contribution in [0.4, 0.5) is 0 Å². The maximum Gasteiger partial charge on any atom is 0.374 e. The molecule has 0 radical (unpaired) electrons. The third-order valence-corrected chi connectivity index (χ3v) is 3.31. The number of imidazole rings is 1. The summed E-state index contributed by atoms with van der Waals surface area (Å²) in [6.45, 7) is 2.42. The number of hydrogen-bond donors (Lipinski definition) is 1. The van der Waals surface area contributed by atoms with E-state index in [1.165, 1.54) is 14.2 Å². The highest BCUT2D eigenvalue weighted by molar-refractivity contribution is 6.34. The van der Waals surface area contributed by atoms with Crippen LogP contribution in [-0.4, -0.2) is 35.6 Å². The molecule has 6 nitrogen and oxygen atoms in total. The fraction of sp³-hybridized carbons (Fsp3) is 0.308. The zero-order valence-electron chi connectivity index (χ0n) is 11.4. The number of benzene rings is 1. The lowest BCUT2D eigenvalue weighted by Crippen LogP contribution is -2.18. The van der Waals surface area contributed by atoms with Crippen LogP contribution in [0.25, 0.3) is 11.0 Å². The molecule has 0 fully saturated rings. The Morgan fingerprint density at radius 1 is 1.45 bits per heavy atom. The van der Waals surface area contributed by atoms with Crippen LogP contribution in [0.2, 0.25) is 5.02 Å². The highest BCUT2D eigenvalue weighted by Gasteiger charge is 2.20. The van der Waals surface area contributed by atoms with Crippen molar-refractivity contribution in [3.05, 3.63) is 28.5 Å². The summed E-state index contributed by atoms with van der Waals surface area (Å²) in [6, 6.07) is 3.19. The first-order valence-electron chi connectivity index (χ1n) is 6.03. The van der Waals surface area contributed by atoms with E-state index in [0.29, 0.717) is 28.2 Å². The summed E-state index contributed by atoms with van der Waals surface area (Å²) in [5.41, 5.74) is 1.53. The minimum atomic E-state index is -0.527. The van der Waals surface area contributed by atoms with Gasteiger partial charge in [0, 0.05) is 13.6 Å². The molecule has 0 aliphatic carbocycles. The van der Waals surface area contributed by atoms with Crippen molar-refractivity contribution < 1.29 is 14.3 Å². The second kappa shape index (κ2) is 5.50. The number of nitrogens with one attached hydrogen (secondary N) is 1.